The van der Waals surface area contributed by atoms with Crippen LogP contribution in [-0.2, 0) is 20.9 Å². The molecule has 0 aliphatic rings. The van der Waals surface area contributed by atoms with Crippen molar-refractivity contribution in [3.63, 3.8) is 0 Å². The van der Waals surface area contributed by atoms with E-state index >= 15 is 0 Å². The molecule has 0 aliphatic carbocycles. The average molecular weight is 322 g/mol. The Labute approximate surface area is 137 Å². The molecule has 0 bridgehead atoms. The van der Waals surface area contributed by atoms with Gasteiger partial charge in [-0.2, -0.15) is 0 Å². The summed E-state index contributed by atoms with van der Waals surface area (Å²) in [6, 6.07) is 5.10. The molecule has 1 rings (SSSR count). The number of hydrogen-bond donors (Lipinski definition) is 1. The van der Waals surface area contributed by atoms with E-state index in [4.69, 9.17) is 9.47 Å². The largest absolute Gasteiger partial charge is 0.459 e. The summed E-state index contributed by atoms with van der Waals surface area (Å²) in [4.78, 5) is 27.6. The normalized spacial score (nSPS) is 11.7. The number of nitrogens with zero attached hydrogens (tertiary/aromatic N) is 1. The maximum absolute atomic E-state index is 11.7. The van der Waals surface area contributed by atoms with Gasteiger partial charge in [0, 0.05) is 0 Å². The lowest BCUT2D eigenvalue weighted by Crippen LogP contribution is -2.27. The van der Waals surface area contributed by atoms with E-state index in [1.807, 2.05) is 20.8 Å². The van der Waals surface area contributed by atoms with Crippen LogP contribution >= 0.6 is 0 Å². The summed E-state index contributed by atoms with van der Waals surface area (Å²) in [5.74, 6) is 0.0772. The van der Waals surface area contributed by atoms with Crippen LogP contribution in [0.25, 0.3) is 0 Å². The molecule has 0 unspecified atom stereocenters. The highest BCUT2D eigenvalue weighted by atomic mass is 16.6. The van der Waals surface area contributed by atoms with Crippen LogP contribution < -0.4 is 5.32 Å². The minimum atomic E-state index is -0.579. The van der Waals surface area contributed by atoms with Crippen LogP contribution in [0.3, 0.4) is 0 Å². The first-order chi connectivity index (χ1) is 10.4. The summed E-state index contributed by atoms with van der Waals surface area (Å²) in [6.45, 7) is 11.3. The smallest absolute Gasteiger partial charge is 0.413 e. The first-order valence-electron chi connectivity index (χ1n) is 7.56. The zero-order chi connectivity index (χ0) is 17.7. The van der Waals surface area contributed by atoms with Crippen LogP contribution in [0.5, 0.6) is 0 Å². The van der Waals surface area contributed by atoms with Gasteiger partial charge in [0.05, 0.1) is 12.1 Å². The number of ether oxygens (including phenoxy) is 2. The Morgan fingerprint density at radius 1 is 1.13 bits per heavy atom. The van der Waals surface area contributed by atoms with E-state index in [1.165, 1.54) is 0 Å². The van der Waals surface area contributed by atoms with Crippen molar-refractivity contribution >= 4 is 17.9 Å². The van der Waals surface area contributed by atoms with Crippen molar-refractivity contribution in [3.05, 3.63) is 23.9 Å². The van der Waals surface area contributed by atoms with Crippen molar-refractivity contribution in [3.8, 4) is 0 Å². The van der Waals surface area contributed by atoms with Gasteiger partial charge in [0.2, 0.25) is 0 Å². The molecule has 0 saturated carbocycles. The quantitative estimate of drug-likeness (QED) is 0.850. The van der Waals surface area contributed by atoms with Gasteiger partial charge in [0.15, 0.2) is 0 Å². The highest BCUT2D eigenvalue weighted by molar-refractivity contribution is 5.83. The number of carbonyl (C=O) groups is 2. The average Bonchev–Trinajstić information content (AvgIpc) is 2.32. The van der Waals surface area contributed by atoms with Crippen LogP contribution in [0.1, 0.15) is 53.7 Å². The maximum Gasteiger partial charge on any atom is 0.413 e. The van der Waals surface area contributed by atoms with E-state index in [0.717, 1.165) is 0 Å². The number of pyridine rings is 1. The van der Waals surface area contributed by atoms with Gasteiger partial charge in [0.1, 0.15) is 18.0 Å². The van der Waals surface area contributed by atoms with Gasteiger partial charge in [-0.3, -0.25) is 10.1 Å². The zero-order valence-electron chi connectivity index (χ0n) is 14.7. The van der Waals surface area contributed by atoms with E-state index < -0.39 is 11.7 Å². The number of aromatic nitrogens is 1. The highest BCUT2D eigenvalue weighted by Gasteiger charge is 2.18. The molecular weight excluding hydrogens is 296 g/mol. The predicted octanol–water partition coefficient (Wildman–Crippen LogP) is 3.91. The molecule has 0 aromatic carbocycles. The van der Waals surface area contributed by atoms with Crippen molar-refractivity contribution in [1.29, 1.82) is 0 Å². The number of carbonyl (C=O) groups excluding carboxylic acids is 2. The summed E-state index contributed by atoms with van der Waals surface area (Å²) in [5, 5.41) is 2.55. The number of hydrogen-bond acceptors (Lipinski definition) is 5. The first kappa shape index (κ1) is 18.9. The molecule has 23 heavy (non-hydrogen) atoms. The molecule has 1 amide bonds. The van der Waals surface area contributed by atoms with Crippen LogP contribution in [0, 0.1) is 5.41 Å². The number of nitrogens with one attached hydrogen (secondary N) is 1. The number of anilines is 1. The number of rotatable bonds is 4. The van der Waals surface area contributed by atoms with E-state index in [9.17, 15) is 9.59 Å². The molecule has 0 atom stereocenters. The van der Waals surface area contributed by atoms with Gasteiger partial charge < -0.3 is 9.47 Å². The molecule has 6 heteroatoms. The Bertz CT molecular complexity index is 556. The monoisotopic (exact) mass is 322 g/mol. The van der Waals surface area contributed by atoms with E-state index in [0.29, 0.717) is 17.9 Å². The number of amides is 1. The van der Waals surface area contributed by atoms with Crippen LogP contribution in [0.15, 0.2) is 18.2 Å². The third-order valence-electron chi connectivity index (χ3n) is 2.49. The van der Waals surface area contributed by atoms with Gasteiger partial charge >= 0.3 is 12.1 Å². The Hall–Kier alpha value is -2.11. The zero-order valence-corrected chi connectivity index (χ0v) is 14.7. The Morgan fingerprint density at radius 3 is 2.35 bits per heavy atom. The van der Waals surface area contributed by atoms with Gasteiger partial charge in [-0.1, -0.05) is 26.8 Å². The lowest BCUT2D eigenvalue weighted by atomic mass is 9.92. The van der Waals surface area contributed by atoms with Crippen molar-refractivity contribution < 1.29 is 19.1 Å². The molecule has 0 saturated heterocycles. The van der Waals surface area contributed by atoms with Crippen molar-refractivity contribution in [1.82, 2.24) is 4.98 Å². The third kappa shape index (κ3) is 8.80. The molecular formula is C17H26N2O4. The van der Waals surface area contributed by atoms with Crippen LogP contribution in [0.4, 0.5) is 10.6 Å². The molecule has 128 valence electrons. The summed E-state index contributed by atoms with van der Waals surface area (Å²) in [5.41, 5.74) is -0.143. The lowest BCUT2D eigenvalue weighted by molar-refractivity contribution is -0.147. The number of esters is 1. The molecule has 1 aromatic rings. The molecule has 0 radical (unpaired) electrons. The van der Waals surface area contributed by atoms with E-state index in [2.05, 4.69) is 10.3 Å². The summed E-state index contributed by atoms with van der Waals surface area (Å²) < 4.78 is 10.4. The first-order valence-corrected chi connectivity index (χ1v) is 7.56. The topological polar surface area (TPSA) is 77.5 Å². The Kier molecular flexibility index (Phi) is 6.12. The fraction of sp³-hybridized carbons (Fsp3) is 0.588. The lowest BCUT2D eigenvalue weighted by Gasteiger charge is -2.19. The highest BCUT2D eigenvalue weighted by Crippen LogP contribution is 2.19. The van der Waals surface area contributed by atoms with Crippen molar-refractivity contribution in [2.45, 2.75) is 60.2 Å². The maximum atomic E-state index is 11.7. The van der Waals surface area contributed by atoms with Crippen molar-refractivity contribution in [2.75, 3.05) is 5.32 Å². The molecule has 0 spiro atoms. The fourth-order valence-electron chi connectivity index (χ4n) is 1.68. The minimum Gasteiger partial charge on any atom is -0.459 e. The SMILES string of the molecule is CC(C)(C)CC(=O)OCc1cccc(NC(=O)OC(C)(C)C)n1. The van der Waals surface area contributed by atoms with Gasteiger partial charge in [-0.15, -0.1) is 0 Å². The summed E-state index contributed by atoms with van der Waals surface area (Å²) in [6.07, 6.45) is -0.241. The summed E-state index contributed by atoms with van der Waals surface area (Å²) in [7, 11) is 0. The van der Waals surface area contributed by atoms with Gasteiger partial charge in [-0.25, -0.2) is 9.78 Å². The standard InChI is InChI=1S/C17H26N2O4/c1-16(2,3)10-14(20)22-11-12-8-7-9-13(18-12)19-15(21)23-17(4,5)6/h7-9H,10-11H2,1-6H3,(H,18,19,21). The third-order valence-corrected chi connectivity index (χ3v) is 2.49. The second-order valence-corrected chi connectivity index (χ2v) is 7.54. The molecule has 1 N–H and O–H groups in total. The molecule has 6 nitrogen and oxygen atoms in total. The van der Waals surface area contributed by atoms with Crippen LogP contribution in [-0.4, -0.2) is 22.6 Å². The van der Waals surface area contributed by atoms with Crippen LogP contribution in [0.2, 0.25) is 0 Å². The van der Waals surface area contributed by atoms with E-state index in [1.54, 1.807) is 39.0 Å². The second kappa shape index (κ2) is 7.44. The van der Waals surface area contributed by atoms with E-state index in [-0.39, 0.29) is 18.0 Å². The molecule has 1 heterocycles. The molecule has 0 aliphatic heterocycles. The Balaban J connectivity index is 2.57. The van der Waals surface area contributed by atoms with Gasteiger partial charge in [0.25, 0.3) is 0 Å². The molecule has 0 fully saturated rings. The molecule has 1 aromatic heterocycles. The van der Waals surface area contributed by atoms with Gasteiger partial charge in [-0.05, 0) is 38.3 Å². The predicted molar refractivity (Wildman–Crippen MR) is 88.0 cm³/mol. The minimum absolute atomic E-state index is 0.0682. The summed E-state index contributed by atoms with van der Waals surface area (Å²) >= 11 is 0. The fourth-order valence-corrected chi connectivity index (χ4v) is 1.68. The second-order valence-electron chi connectivity index (χ2n) is 7.54. The van der Waals surface area contributed by atoms with Crippen molar-refractivity contribution in [2.24, 2.45) is 5.41 Å². The Morgan fingerprint density at radius 2 is 1.78 bits per heavy atom.